The summed E-state index contributed by atoms with van der Waals surface area (Å²) in [5.74, 6) is 0.346. The Morgan fingerprint density at radius 2 is 2.03 bits per heavy atom. The monoisotopic (exact) mass is 399 g/mol. The van der Waals surface area contributed by atoms with Gasteiger partial charge in [-0.05, 0) is 23.9 Å². The maximum atomic E-state index is 13.3. The molecule has 9 heteroatoms. The van der Waals surface area contributed by atoms with Gasteiger partial charge in [-0.3, -0.25) is 9.97 Å². The summed E-state index contributed by atoms with van der Waals surface area (Å²) in [6, 6.07) is 5.16. The zero-order chi connectivity index (χ0) is 20.6. The van der Waals surface area contributed by atoms with Gasteiger partial charge in [0.25, 0.3) is 6.43 Å². The van der Waals surface area contributed by atoms with Crippen LogP contribution in [0.1, 0.15) is 31.0 Å². The van der Waals surface area contributed by atoms with Crippen molar-refractivity contribution in [3.8, 4) is 11.4 Å². The molecule has 0 aromatic carbocycles. The van der Waals surface area contributed by atoms with E-state index >= 15 is 0 Å². The minimum Gasteiger partial charge on any atom is -0.383 e. The molecule has 4 aromatic rings. The number of hydrogen-bond acceptors (Lipinski definition) is 6. The molecule has 4 rings (SSSR count). The SMILES string of the molecule is CCC(O)(COC)c1ccc2nc(-c3cnc(C(F)F)c4cnccc34)nn2c1. The summed E-state index contributed by atoms with van der Waals surface area (Å²) in [4.78, 5) is 12.3. The first-order valence-electron chi connectivity index (χ1n) is 9.06. The fraction of sp³-hybridized carbons (Fsp3) is 0.300. The van der Waals surface area contributed by atoms with Gasteiger partial charge in [0.15, 0.2) is 11.5 Å². The van der Waals surface area contributed by atoms with Crippen LogP contribution in [0, 0.1) is 0 Å². The average molecular weight is 399 g/mol. The van der Waals surface area contributed by atoms with Crippen LogP contribution >= 0.6 is 0 Å². The van der Waals surface area contributed by atoms with Crippen LogP contribution in [0.4, 0.5) is 8.78 Å². The first-order chi connectivity index (χ1) is 14.0. The largest absolute Gasteiger partial charge is 0.383 e. The fourth-order valence-corrected chi connectivity index (χ4v) is 3.36. The first kappa shape index (κ1) is 19.3. The first-order valence-corrected chi connectivity index (χ1v) is 9.06. The normalized spacial score (nSPS) is 14.0. The van der Waals surface area contributed by atoms with Crippen LogP contribution < -0.4 is 0 Å². The van der Waals surface area contributed by atoms with Crippen LogP contribution in [0.15, 0.2) is 43.0 Å². The van der Waals surface area contributed by atoms with E-state index in [0.717, 1.165) is 0 Å². The summed E-state index contributed by atoms with van der Waals surface area (Å²) < 4.78 is 33.3. The fourth-order valence-electron chi connectivity index (χ4n) is 3.36. The highest BCUT2D eigenvalue weighted by Crippen LogP contribution is 2.32. The molecular weight excluding hydrogens is 380 g/mol. The van der Waals surface area contributed by atoms with E-state index in [-0.39, 0.29) is 17.7 Å². The lowest BCUT2D eigenvalue weighted by Crippen LogP contribution is -2.30. The second-order valence-corrected chi connectivity index (χ2v) is 6.75. The molecule has 0 radical (unpaired) electrons. The zero-order valence-electron chi connectivity index (χ0n) is 15.9. The van der Waals surface area contributed by atoms with Crippen molar-refractivity contribution in [3.63, 3.8) is 0 Å². The number of alkyl halides is 2. The summed E-state index contributed by atoms with van der Waals surface area (Å²) in [5.41, 5.74) is 0.259. The average Bonchev–Trinajstić information content (AvgIpc) is 3.16. The van der Waals surface area contributed by atoms with Crippen LogP contribution in [-0.4, -0.2) is 43.4 Å². The molecule has 0 bridgehead atoms. The van der Waals surface area contributed by atoms with Crippen LogP contribution in [0.25, 0.3) is 27.8 Å². The van der Waals surface area contributed by atoms with E-state index in [9.17, 15) is 13.9 Å². The van der Waals surface area contributed by atoms with Crippen molar-refractivity contribution in [2.45, 2.75) is 25.4 Å². The molecule has 0 saturated heterocycles. The topological polar surface area (TPSA) is 85.4 Å². The van der Waals surface area contributed by atoms with Crippen molar-refractivity contribution in [1.29, 1.82) is 0 Å². The number of aromatic nitrogens is 5. The van der Waals surface area contributed by atoms with Gasteiger partial charge in [-0.25, -0.2) is 18.3 Å². The van der Waals surface area contributed by atoms with E-state index in [1.54, 1.807) is 28.9 Å². The molecule has 0 fully saturated rings. The molecule has 0 aliphatic carbocycles. The second-order valence-electron chi connectivity index (χ2n) is 6.75. The highest BCUT2D eigenvalue weighted by molar-refractivity contribution is 5.95. The third kappa shape index (κ3) is 3.32. The van der Waals surface area contributed by atoms with E-state index in [1.165, 1.54) is 25.7 Å². The third-order valence-corrected chi connectivity index (χ3v) is 5.00. The number of halogens is 2. The Hall–Kier alpha value is -3.04. The smallest absolute Gasteiger partial charge is 0.281 e. The van der Waals surface area contributed by atoms with Gasteiger partial charge in [0.05, 0.1) is 6.61 Å². The van der Waals surface area contributed by atoms with Gasteiger partial charge >= 0.3 is 0 Å². The number of aliphatic hydroxyl groups is 1. The maximum absolute atomic E-state index is 13.3. The minimum absolute atomic E-state index is 0.146. The third-order valence-electron chi connectivity index (χ3n) is 5.00. The molecule has 0 saturated carbocycles. The summed E-state index contributed by atoms with van der Waals surface area (Å²) in [7, 11) is 1.53. The molecule has 29 heavy (non-hydrogen) atoms. The molecule has 150 valence electrons. The molecule has 4 aromatic heterocycles. The molecule has 0 aliphatic heterocycles. The molecule has 4 heterocycles. The van der Waals surface area contributed by atoms with Crippen molar-refractivity contribution < 1.29 is 18.6 Å². The maximum Gasteiger partial charge on any atom is 0.281 e. The summed E-state index contributed by atoms with van der Waals surface area (Å²) in [5, 5.41) is 16.1. The number of nitrogens with zero attached hydrogens (tertiary/aromatic N) is 5. The predicted octanol–water partition coefficient (Wildman–Crippen LogP) is 3.52. The highest BCUT2D eigenvalue weighted by Gasteiger charge is 2.28. The lowest BCUT2D eigenvalue weighted by molar-refractivity contribution is -0.0389. The predicted molar refractivity (Wildman–Crippen MR) is 103 cm³/mol. The van der Waals surface area contributed by atoms with Crippen molar-refractivity contribution in [3.05, 3.63) is 54.2 Å². The van der Waals surface area contributed by atoms with Gasteiger partial charge in [0.2, 0.25) is 0 Å². The molecule has 0 spiro atoms. The number of fused-ring (bicyclic) bond motifs is 2. The molecule has 7 nitrogen and oxygen atoms in total. The van der Waals surface area contributed by atoms with Gasteiger partial charge in [-0.15, -0.1) is 5.10 Å². The lowest BCUT2D eigenvalue weighted by Gasteiger charge is -2.26. The summed E-state index contributed by atoms with van der Waals surface area (Å²) in [6.07, 6.45) is 3.70. The van der Waals surface area contributed by atoms with Crippen LogP contribution in [-0.2, 0) is 10.3 Å². The van der Waals surface area contributed by atoms with Gasteiger partial charge in [-0.2, -0.15) is 0 Å². The van der Waals surface area contributed by atoms with Crippen LogP contribution in [0.2, 0.25) is 0 Å². The number of ether oxygens (including phenoxy) is 1. The molecular formula is C20H19F2N5O2. The number of hydrogen-bond donors (Lipinski definition) is 1. The Kier molecular flexibility index (Phi) is 4.93. The van der Waals surface area contributed by atoms with Crippen molar-refractivity contribution >= 4 is 16.4 Å². The minimum atomic E-state index is -2.71. The Labute approximate surface area is 165 Å². The van der Waals surface area contributed by atoms with Gasteiger partial charge in [0.1, 0.15) is 11.3 Å². The quantitative estimate of drug-likeness (QED) is 0.534. The standard InChI is InChI=1S/C20H19F2N5O2/c1-3-20(28,11-29-2)12-4-5-16-25-19(26-27(16)10-12)15-9-24-17(18(21)22)14-8-23-7-6-13(14)15/h4-10,18,28H,3,11H2,1-2H3. The van der Waals surface area contributed by atoms with Crippen molar-refractivity contribution in [2.24, 2.45) is 0 Å². The van der Waals surface area contributed by atoms with E-state index in [2.05, 4.69) is 20.1 Å². The van der Waals surface area contributed by atoms with Crippen molar-refractivity contribution in [1.82, 2.24) is 24.6 Å². The van der Waals surface area contributed by atoms with E-state index in [1.807, 2.05) is 6.92 Å². The number of rotatable bonds is 6. The second kappa shape index (κ2) is 7.41. The Morgan fingerprint density at radius 1 is 1.21 bits per heavy atom. The molecule has 1 atom stereocenters. The van der Waals surface area contributed by atoms with Crippen molar-refractivity contribution in [2.75, 3.05) is 13.7 Å². The molecule has 0 amide bonds. The lowest BCUT2D eigenvalue weighted by atomic mass is 9.93. The zero-order valence-corrected chi connectivity index (χ0v) is 15.9. The van der Waals surface area contributed by atoms with E-state index in [0.29, 0.717) is 34.4 Å². The van der Waals surface area contributed by atoms with Gasteiger partial charge < -0.3 is 9.84 Å². The Morgan fingerprint density at radius 3 is 2.76 bits per heavy atom. The number of pyridine rings is 3. The van der Waals surface area contributed by atoms with Gasteiger partial charge in [0, 0.05) is 48.4 Å². The Balaban J connectivity index is 1.85. The van der Waals surface area contributed by atoms with Crippen LogP contribution in [0.3, 0.4) is 0 Å². The highest BCUT2D eigenvalue weighted by atomic mass is 19.3. The molecule has 1 N–H and O–H groups in total. The van der Waals surface area contributed by atoms with Crippen LogP contribution in [0.5, 0.6) is 0 Å². The molecule has 0 aliphatic rings. The van der Waals surface area contributed by atoms with E-state index < -0.39 is 12.0 Å². The summed E-state index contributed by atoms with van der Waals surface area (Å²) in [6.45, 7) is 2.01. The van der Waals surface area contributed by atoms with E-state index in [4.69, 9.17) is 4.74 Å². The van der Waals surface area contributed by atoms with Gasteiger partial charge in [-0.1, -0.05) is 13.0 Å². The Bertz CT molecular complexity index is 1180. The number of methoxy groups -OCH3 is 1. The molecule has 1 unspecified atom stereocenters. The summed E-state index contributed by atoms with van der Waals surface area (Å²) >= 11 is 0.